The van der Waals surface area contributed by atoms with E-state index >= 15 is 13.2 Å². The molecular weight excluding hydrogens is 736 g/mol. The van der Waals surface area contributed by atoms with Gasteiger partial charge in [0.05, 0.1) is 23.0 Å². The van der Waals surface area contributed by atoms with Crippen molar-refractivity contribution in [3.8, 4) is 6.07 Å². The van der Waals surface area contributed by atoms with Gasteiger partial charge in [-0.1, -0.05) is 43.2 Å². The Morgan fingerprint density at radius 3 is 2.36 bits per heavy atom. The standard InChI is InChI=1S/C38H46F3N9O4S/c1-24(16-29(45-34(52)32-23-44-48-55-32)19-33(51)50-14-12-49(3)13-15-50)26-10-11-31(30(39)18-26)46-35(53)37(2,27-8-6-4-5-7-9-27)47-36(54)38(40,41)28-17-25(20-42)21-43-22-28/h10-11,17-18,21-24,27,29H,4-9,12-16,19H2,1-3H3,(H,45,52)(H,46,53)(H,47,54)/t24-,29?,37-/m1/s1. The van der Waals surface area contributed by atoms with Gasteiger partial charge in [0.15, 0.2) is 0 Å². The second-order valence-electron chi connectivity index (χ2n) is 14.7. The van der Waals surface area contributed by atoms with E-state index in [9.17, 15) is 19.2 Å². The number of rotatable bonds is 13. The lowest BCUT2D eigenvalue weighted by atomic mass is 9.79. The number of aromatic nitrogens is 3. The molecule has 55 heavy (non-hydrogen) atoms. The van der Waals surface area contributed by atoms with Crippen LogP contribution in [0.15, 0.2) is 42.9 Å². The number of nitrogens with one attached hydrogen (secondary N) is 3. The minimum atomic E-state index is -4.13. The Hall–Kier alpha value is -4.95. The molecule has 0 bridgehead atoms. The maximum absolute atomic E-state index is 15.8. The summed E-state index contributed by atoms with van der Waals surface area (Å²) in [5, 5.41) is 20.7. The van der Waals surface area contributed by atoms with Crippen LogP contribution < -0.4 is 16.0 Å². The second kappa shape index (κ2) is 18.1. The molecule has 3 N–H and O–H groups in total. The molecule has 2 aliphatic rings. The average Bonchev–Trinajstić information content (AvgIpc) is 3.58. The van der Waals surface area contributed by atoms with Crippen molar-refractivity contribution in [1.82, 2.24) is 35.0 Å². The Kier molecular flexibility index (Phi) is 13.6. The van der Waals surface area contributed by atoms with Crippen molar-refractivity contribution in [3.05, 3.63) is 70.2 Å². The van der Waals surface area contributed by atoms with Gasteiger partial charge in [0.2, 0.25) is 11.8 Å². The number of piperazine rings is 1. The smallest absolute Gasteiger partial charge is 0.348 e. The van der Waals surface area contributed by atoms with Crippen LogP contribution in [0.5, 0.6) is 0 Å². The van der Waals surface area contributed by atoms with Gasteiger partial charge in [-0.25, -0.2) is 4.39 Å². The molecule has 1 aliphatic carbocycles. The number of halogens is 3. The number of nitriles is 1. The van der Waals surface area contributed by atoms with Crippen molar-refractivity contribution < 1.29 is 32.3 Å². The van der Waals surface area contributed by atoms with Gasteiger partial charge in [-0.15, -0.1) is 5.10 Å². The molecule has 1 aliphatic heterocycles. The van der Waals surface area contributed by atoms with Gasteiger partial charge >= 0.3 is 5.92 Å². The summed E-state index contributed by atoms with van der Waals surface area (Å²) < 4.78 is 50.6. The summed E-state index contributed by atoms with van der Waals surface area (Å²) in [5.74, 6) is -8.91. The molecule has 1 aromatic carbocycles. The summed E-state index contributed by atoms with van der Waals surface area (Å²) in [5.41, 5.74) is -2.47. The first-order valence-corrected chi connectivity index (χ1v) is 19.2. The molecule has 294 valence electrons. The molecule has 0 radical (unpaired) electrons. The molecule has 2 fully saturated rings. The molecule has 1 unspecified atom stereocenters. The van der Waals surface area contributed by atoms with Crippen molar-refractivity contribution in [3.63, 3.8) is 0 Å². The molecule has 4 amide bonds. The van der Waals surface area contributed by atoms with Gasteiger partial charge in [0, 0.05) is 51.0 Å². The number of carbonyl (C=O) groups is 4. The number of hydrogen-bond acceptors (Lipinski definition) is 10. The van der Waals surface area contributed by atoms with E-state index in [1.807, 2.05) is 14.0 Å². The highest BCUT2D eigenvalue weighted by molar-refractivity contribution is 7.07. The van der Waals surface area contributed by atoms with E-state index in [0.29, 0.717) is 31.5 Å². The first-order chi connectivity index (χ1) is 26.2. The molecule has 1 saturated carbocycles. The van der Waals surface area contributed by atoms with Crippen molar-refractivity contribution in [2.75, 3.05) is 38.5 Å². The number of pyridine rings is 1. The van der Waals surface area contributed by atoms with Crippen LogP contribution in [-0.4, -0.2) is 92.8 Å². The molecule has 3 atom stereocenters. The molecule has 13 nitrogen and oxygen atoms in total. The van der Waals surface area contributed by atoms with E-state index < -0.39 is 52.5 Å². The molecule has 3 heterocycles. The molecule has 2 aromatic heterocycles. The van der Waals surface area contributed by atoms with Gasteiger partial charge in [-0.05, 0) is 80.4 Å². The Bertz CT molecular complexity index is 1880. The van der Waals surface area contributed by atoms with E-state index in [1.54, 1.807) is 17.0 Å². The first kappa shape index (κ1) is 41.2. The highest BCUT2D eigenvalue weighted by Crippen LogP contribution is 2.36. The minimum Gasteiger partial charge on any atom is -0.348 e. The summed E-state index contributed by atoms with van der Waals surface area (Å²) in [6.07, 6.45) is 7.72. The van der Waals surface area contributed by atoms with Gasteiger partial charge < -0.3 is 25.8 Å². The fraction of sp³-hybridized carbons (Fsp3) is 0.526. The number of benzene rings is 1. The van der Waals surface area contributed by atoms with Crippen LogP contribution >= 0.6 is 11.5 Å². The van der Waals surface area contributed by atoms with Gasteiger partial charge in [-0.3, -0.25) is 24.2 Å². The Morgan fingerprint density at radius 2 is 1.73 bits per heavy atom. The SMILES string of the molecule is C[C@H](CC(CC(=O)N1CCN(C)CC1)NC(=O)c1cnns1)c1ccc(NC(=O)[C@](C)(NC(=O)C(F)(F)c2cncc(C#N)c2)C2CCCCCC2)c(F)c1. The van der Waals surface area contributed by atoms with Crippen LogP contribution in [0.3, 0.4) is 0 Å². The quantitative estimate of drug-likeness (QED) is 0.202. The Labute approximate surface area is 322 Å². The van der Waals surface area contributed by atoms with E-state index in [0.717, 1.165) is 68.8 Å². The van der Waals surface area contributed by atoms with E-state index in [-0.39, 0.29) is 40.8 Å². The van der Waals surface area contributed by atoms with Crippen LogP contribution in [0, 0.1) is 23.1 Å². The summed E-state index contributed by atoms with van der Waals surface area (Å²) in [4.78, 5) is 61.4. The lowest BCUT2D eigenvalue weighted by molar-refractivity contribution is -0.152. The van der Waals surface area contributed by atoms with Gasteiger partial charge in [0.1, 0.15) is 22.3 Å². The summed E-state index contributed by atoms with van der Waals surface area (Å²) in [6.45, 7) is 5.83. The summed E-state index contributed by atoms with van der Waals surface area (Å²) in [7, 11) is 1.99. The fourth-order valence-corrected chi connectivity index (χ4v) is 7.60. The highest BCUT2D eigenvalue weighted by Gasteiger charge is 2.49. The molecule has 0 spiro atoms. The van der Waals surface area contributed by atoms with Crippen LogP contribution in [0.1, 0.15) is 97.5 Å². The highest BCUT2D eigenvalue weighted by atomic mass is 32.1. The van der Waals surface area contributed by atoms with Crippen molar-refractivity contribution >= 4 is 40.8 Å². The third kappa shape index (κ3) is 10.2. The topological polar surface area (TPSA) is 173 Å². The molecule has 1 saturated heterocycles. The van der Waals surface area contributed by atoms with E-state index in [2.05, 4.69) is 35.4 Å². The van der Waals surface area contributed by atoms with Crippen LogP contribution in [0.4, 0.5) is 18.9 Å². The number of carbonyl (C=O) groups excluding carboxylic acids is 4. The molecule has 3 aromatic rings. The Balaban J connectivity index is 1.32. The minimum absolute atomic E-state index is 0.0352. The van der Waals surface area contributed by atoms with E-state index in [4.69, 9.17) is 5.26 Å². The van der Waals surface area contributed by atoms with Crippen LogP contribution in [0.25, 0.3) is 0 Å². The first-order valence-electron chi connectivity index (χ1n) is 18.4. The van der Waals surface area contributed by atoms with E-state index in [1.165, 1.54) is 25.3 Å². The monoisotopic (exact) mass is 781 g/mol. The predicted octanol–water partition coefficient (Wildman–Crippen LogP) is 4.98. The third-order valence-electron chi connectivity index (χ3n) is 10.7. The zero-order valence-electron chi connectivity index (χ0n) is 31.1. The number of nitrogens with zero attached hydrogens (tertiary/aromatic N) is 6. The number of amides is 4. The largest absolute Gasteiger partial charge is 0.351 e. The molecule has 17 heteroatoms. The fourth-order valence-electron chi connectivity index (χ4n) is 7.19. The maximum Gasteiger partial charge on any atom is 0.351 e. The maximum atomic E-state index is 15.8. The van der Waals surface area contributed by atoms with Crippen LogP contribution in [-0.2, 0) is 20.3 Å². The normalized spacial score (nSPS) is 17.9. The number of likely N-dealkylation sites (N-methyl/N-ethyl adjacent to an activating group) is 1. The Morgan fingerprint density at radius 1 is 1.02 bits per heavy atom. The van der Waals surface area contributed by atoms with Gasteiger partial charge in [0.25, 0.3) is 11.8 Å². The summed E-state index contributed by atoms with van der Waals surface area (Å²) >= 11 is 0.928. The zero-order chi connectivity index (χ0) is 39.8. The van der Waals surface area contributed by atoms with Crippen LogP contribution in [0.2, 0.25) is 0 Å². The zero-order valence-corrected chi connectivity index (χ0v) is 31.9. The number of hydrogen-bond donors (Lipinski definition) is 3. The van der Waals surface area contributed by atoms with Gasteiger partial charge in [-0.2, -0.15) is 14.0 Å². The molecule has 5 rings (SSSR count). The lowest BCUT2D eigenvalue weighted by Gasteiger charge is -2.38. The molecular formula is C38H46F3N9O4S. The van der Waals surface area contributed by atoms with Crippen molar-refractivity contribution in [2.24, 2.45) is 5.92 Å². The lowest BCUT2D eigenvalue weighted by Crippen LogP contribution is -2.61. The number of alkyl halides is 2. The van der Waals surface area contributed by atoms with Crippen molar-refractivity contribution in [2.45, 2.75) is 88.6 Å². The summed E-state index contributed by atoms with van der Waals surface area (Å²) in [6, 6.07) is 6.23. The average molecular weight is 782 g/mol. The van der Waals surface area contributed by atoms with Crippen molar-refractivity contribution in [1.29, 1.82) is 5.26 Å². The third-order valence-corrected chi connectivity index (χ3v) is 11.3. The number of anilines is 1. The second-order valence-corrected chi connectivity index (χ2v) is 15.4. The predicted molar refractivity (Wildman–Crippen MR) is 199 cm³/mol.